The van der Waals surface area contributed by atoms with Crippen LogP contribution in [0.2, 0.25) is 0 Å². The number of amides is 2. The Kier molecular flexibility index (Phi) is 6.46. The number of hydrogen-bond donors (Lipinski definition) is 1. The molecule has 0 radical (unpaired) electrons. The van der Waals surface area contributed by atoms with Gasteiger partial charge < -0.3 is 10.2 Å². The van der Waals surface area contributed by atoms with Gasteiger partial charge in [0, 0.05) is 31.1 Å². The van der Waals surface area contributed by atoms with Crippen molar-refractivity contribution in [2.24, 2.45) is 0 Å². The molecule has 2 aromatic rings. The largest absolute Gasteiger partial charge is 0.351 e. The van der Waals surface area contributed by atoms with E-state index in [2.05, 4.69) is 29.2 Å². The number of aromatic nitrogens is 2. The van der Waals surface area contributed by atoms with Crippen molar-refractivity contribution in [1.29, 1.82) is 0 Å². The summed E-state index contributed by atoms with van der Waals surface area (Å²) < 4.78 is 1.88. The lowest BCUT2D eigenvalue weighted by Crippen LogP contribution is -2.37. The summed E-state index contributed by atoms with van der Waals surface area (Å²) in [4.78, 5) is 28.7. The Morgan fingerprint density at radius 3 is 2.61 bits per heavy atom. The van der Waals surface area contributed by atoms with Crippen LogP contribution in [0.25, 0.3) is 0 Å². The van der Waals surface area contributed by atoms with Crippen LogP contribution >= 0.6 is 0 Å². The number of likely N-dealkylation sites (N-methyl/N-ethyl adjacent to an activating group) is 1. The lowest BCUT2D eigenvalue weighted by molar-refractivity contribution is -0.119. The smallest absolute Gasteiger partial charge is 0.251 e. The Labute approximate surface area is 166 Å². The zero-order valence-electron chi connectivity index (χ0n) is 16.9. The quantitative estimate of drug-likeness (QED) is 0.759. The molecule has 0 atom stereocenters. The average molecular weight is 383 g/mol. The molecule has 0 unspecified atom stereocenters. The maximum Gasteiger partial charge on any atom is 0.251 e. The number of nitrogens with one attached hydrogen (secondary N) is 1. The van der Waals surface area contributed by atoms with Crippen LogP contribution in [0.4, 0.5) is 5.82 Å². The highest BCUT2D eigenvalue weighted by Crippen LogP contribution is 2.24. The minimum absolute atomic E-state index is 0.0681. The molecule has 0 aliphatic carbocycles. The first-order chi connectivity index (χ1) is 13.5. The minimum atomic E-state index is -0.0681. The Hall–Kier alpha value is -2.67. The standard InChI is InChI=1S/C21H29N5O2/c1-4-24(5-2)13-11-22-21(28)18-8-6-17(7-9-18)15-25-19-14-16(3)23-26(19)12-10-20(25)27/h6-9,14H,4-5,10-13,15H2,1-3H3,(H,22,28). The molecule has 7 nitrogen and oxygen atoms in total. The van der Waals surface area contributed by atoms with Gasteiger partial charge in [-0.3, -0.25) is 14.5 Å². The first-order valence-electron chi connectivity index (χ1n) is 9.96. The third-order valence-corrected chi connectivity index (χ3v) is 5.16. The molecule has 150 valence electrons. The van der Waals surface area contributed by atoms with Crippen LogP contribution in [0, 0.1) is 6.92 Å². The molecular weight excluding hydrogens is 354 g/mol. The van der Waals surface area contributed by atoms with Crippen molar-refractivity contribution < 1.29 is 9.59 Å². The number of benzene rings is 1. The topological polar surface area (TPSA) is 70.5 Å². The van der Waals surface area contributed by atoms with E-state index in [9.17, 15) is 9.59 Å². The van der Waals surface area contributed by atoms with Gasteiger partial charge in [0.15, 0.2) is 0 Å². The molecule has 0 spiro atoms. The fourth-order valence-electron chi connectivity index (χ4n) is 3.46. The van der Waals surface area contributed by atoms with Crippen LogP contribution in [0.15, 0.2) is 30.3 Å². The van der Waals surface area contributed by atoms with Crippen molar-refractivity contribution in [3.8, 4) is 0 Å². The van der Waals surface area contributed by atoms with Gasteiger partial charge in [-0.15, -0.1) is 0 Å². The van der Waals surface area contributed by atoms with Crippen LogP contribution in [0.3, 0.4) is 0 Å². The van der Waals surface area contributed by atoms with E-state index in [1.807, 2.05) is 41.9 Å². The second-order valence-corrected chi connectivity index (χ2v) is 7.08. The number of hydrogen-bond acceptors (Lipinski definition) is 4. The molecule has 28 heavy (non-hydrogen) atoms. The third kappa shape index (κ3) is 4.59. The number of carbonyl (C=O) groups excluding carboxylic acids is 2. The van der Waals surface area contributed by atoms with E-state index in [-0.39, 0.29) is 11.8 Å². The molecule has 0 saturated heterocycles. The van der Waals surface area contributed by atoms with Gasteiger partial charge in [0.05, 0.1) is 18.8 Å². The summed E-state index contributed by atoms with van der Waals surface area (Å²) in [5.74, 6) is 0.874. The van der Waals surface area contributed by atoms with Crippen LogP contribution in [0.5, 0.6) is 0 Å². The minimum Gasteiger partial charge on any atom is -0.351 e. The molecule has 7 heteroatoms. The van der Waals surface area contributed by atoms with Gasteiger partial charge >= 0.3 is 0 Å². The summed E-state index contributed by atoms with van der Waals surface area (Å²) in [6, 6.07) is 9.40. The second kappa shape index (κ2) is 9.01. The Morgan fingerprint density at radius 2 is 1.93 bits per heavy atom. The molecular formula is C21H29N5O2. The van der Waals surface area contributed by atoms with Gasteiger partial charge in [-0.25, -0.2) is 4.68 Å². The van der Waals surface area contributed by atoms with Crippen LogP contribution in [-0.4, -0.2) is 52.7 Å². The zero-order chi connectivity index (χ0) is 20.1. The van der Waals surface area contributed by atoms with E-state index < -0.39 is 0 Å². The molecule has 3 rings (SSSR count). The molecule has 1 N–H and O–H groups in total. The first kappa shape index (κ1) is 20.1. The summed E-state index contributed by atoms with van der Waals surface area (Å²) in [5.41, 5.74) is 2.53. The number of carbonyl (C=O) groups is 2. The van der Waals surface area contributed by atoms with E-state index >= 15 is 0 Å². The van der Waals surface area contributed by atoms with Crippen molar-refractivity contribution in [2.75, 3.05) is 31.1 Å². The van der Waals surface area contributed by atoms with Gasteiger partial charge in [-0.05, 0) is 37.7 Å². The van der Waals surface area contributed by atoms with Crippen LogP contribution in [0.1, 0.15) is 41.9 Å². The lowest BCUT2D eigenvalue weighted by Gasteiger charge is -2.27. The Morgan fingerprint density at radius 1 is 1.21 bits per heavy atom. The van der Waals surface area contributed by atoms with Gasteiger partial charge in [0.1, 0.15) is 5.82 Å². The Balaban J connectivity index is 1.60. The van der Waals surface area contributed by atoms with Crippen LogP contribution < -0.4 is 10.2 Å². The lowest BCUT2D eigenvalue weighted by atomic mass is 10.1. The second-order valence-electron chi connectivity index (χ2n) is 7.08. The zero-order valence-corrected chi connectivity index (χ0v) is 16.9. The summed E-state index contributed by atoms with van der Waals surface area (Å²) in [5, 5.41) is 7.40. The van der Waals surface area contributed by atoms with E-state index in [0.29, 0.717) is 31.6 Å². The molecule has 1 aromatic carbocycles. The maximum absolute atomic E-state index is 12.4. The number of anilines is 1. The van der Waals surface area contributed by atoms with Crippen molar-refractivity contribution in [2.45, 2.75) is 40.3 Å². The molecule has 1 aliphatic heterocycles. The predicted molar refractivity (Wildman–Crippen MR) is 109 cm³/mol. The fraction of sp³-hybridized carbons (Fsp3) is 0.476. The van der Waals surface area contributed by atoms with Gasteiger partial charge in [-0.2, -0.15) is 5.10 Å². The van der Waals surface area contributed by atoms with E-state index in [0.717, 1.165) is 36.7 Å². The highest BCUT2D eigenvalue weighted by molar-refractivity contribution is 5.95. The summed E-state index contributed by atoms with van der Waals surface area (Å²) >= 11 is 0. The van der Waals surface area contributed by atoms with E-state index in [1.54, 1.807) is 4.90 Å². The molecule has 1 aliphatic rings. The number of nitrogens with zero attached hydrogens (tertiary/aromatic N) is 4. The van der Waals surface area contributed by atoms with Crippen molar-refractivity contribution in [3.05, 3.63) is 47.2 Å². The highest BCUT2D eigenvalue weighted by Gasteiger charge is 2.25. The van der Waals surface area contributed by atoms with Gasteiger partial charge in [-0.1, -0.05) is 26.0 Å². The molecule has 0 bridgehead atoms. The fourth-order valence-corrected chi connectivity index (χ4v) is 3.46. The van der Waals surface area contributed by atoms with Gasteiger partial charge in [0.25, 0.3) is 5.91 Å². The number of rotatable bonds is 8. The van der Waals surface area contributed by atoms with Crippen molar-refractivity contribution >= 4 is 17.6 Å². The van der Waals surface area contributed by atoms with Gasteiger partial charge in [0.2, 0.25) is 5.91 Å². The van der Waals surface area contributed by atoms with E-state index in [1.165, 1.54) is 0 Å². The Bertz CT molecular complexity index is 824. The number of fused-ring (bicyclic) bond motifs is 1. The normalized spacial score (nSPS) is 13.7. The first-order valence-corrected chi connectivity index (χ1v) is 9.96. The van der Waals surface area contributed by atoms with Crippen LogP contribution in [-0.2, 0) is 17.9 Å². The predicted octanol–water partition coefficient (Wildman–Crippen LogP) is 2.20. The highest BCUT2D eigenvalue weighted by atomic mass is 16.2. The number of aryl methyl sites for hydroxylation is 2. The molecule has 1 aromatic heterocycles. The molecule has 2 amide bonds. The summed E-state index contributed by atoms with van der Waals surface area (Å²) in [6.45, 7) is 10.7. The maximum atomic E-state index is 12.4. The monoisotopic (exact) mass is 383 g/mol. The SMILES string of the molecule is CCN(CC)CCNC(=O)c1ccc(CN2C(=O)CCn3nc(C)cc32)cc1. The molecule has 0 saturated carbocycles. The average Bonchev–Trinajstić information content (AvgIpc) is 3.08. The van der Waals surface area contributed by atoms with Crippen molar-refractivity contribution in [1.82, 2.24) is 20.0 Å². The summed E-state index contributed by atoms with van der Waals surface area (Å²) in [7, 11) is 0. The van der Waals surface area contributed by atoms with Crippen molar-refractivity contribution in [3.63, 3.8) is 0 Å². The summed E-state index contributed by atoms with van der Waals surface area (Å²) in [6.07, 6.45) is 0.459. The molecule has 0 fully saturated rings. The molecule has 2 heterocycles. The van der Waals surface area contributed by atoms with E-state index in [4.69, 9.17) is 0 Å². The third-order valence-electron chi connectivity index (χ3n) is 5.16.